The summed E-state index contributed by atoms with van der Waals surface area (Å²) < 4.78 is 11.1. The molecule has 1 heterocycles. The van der Waals surface area contributed by atoms with E-state index in [9.17, 15) is 19.8 Å². The topological polar surface area (TPSA) is 96.4 Å². The summed E-state index contributed by atoms with van der Waals surface area (Å²) in [6.07, 6.45) is 5.33. The smallest absolute Gasteiger partial charge is 0.190 e. The monoisotopic (exact) mass is 360 g/mol. The number of epoxide rings is 1. The zero-order valence-corrected chi connectivity index (χ0v) is 15.1. The van der Waals surface area contributed by atoms with Gasteiger partial charge in [0, 0.05) is 36.0 Å². The van der Waals surface area contributed by atoms with Crippen LogP contribution in [0.15, 0.2) is 35.5 Å². The molecule has 4 aliphatic rings. The highest BCUT2D eigenvalue weighted by Crippen LogP contribution is 2.50. The number of methoxy groups -OCH3 is 1. The van der Waals surface area contributed by atoms with E-state index in [0.29, 0.717) is 11.1 Å². The molecule has 1 saturated carbocycles. The normalized spacial score (nSPS) is 42.9. The summed E-state index contributed by atoms with van der Waals surface area (Å²) >= 11 is 0. The quantitative estimate of drug-likeness (QED) is 0.434. The van der Waals surface area contributed by atoms with Gasteiger partial charge in [0.15, 0.2) is 11.6 Å². The van der Waals surface area contributed by atoms with Crippen LogP contribution in [0.1, 0.15) is 13.8 Å². The van der Waals surface area contributed by atoms with Crippen molar-refractivity contribution in [1.29, 1.82) is 0 Å². The molecule has 0 aromatic rings. The molecule has 4 rings (SSSR count). The van der Waals surface area contributed by atoms with Gasteiger partial charge in [0.2, 0.25) is 0 Å². The molecule has 7 atom stereocenters. The number of aliphatic hydroxyl groups excluding tert-OH is 2. The van der Waals surface area contributed by atoms with Gasteiger partial charge in [0.25, 0.3) is 0 Å². The molecule has 0 aromatic carbocycles. The lowest BCUT2D eigenvalue weighted by molar-refractivity contribution is -0.126. The van der Waals surface area contributed by atoms with Crippen molar-refractivity contribution < 1.29 is 29.3 Å². The van der Waals surface area contributed by atoms with Gasteiger partial charge in [0.1, 0.15) is 12.2 Å². The van der Waals surface area contributed by atoms with Crippen LogP contribution in [0, 0.1) is 23.7 Å². The van der Waals surface area contributed by atoms with Gasteiger partial charge in [-0.1, -0.05) is 24.3 Å². The molecule has 26 heavy (non-hydrogen) atoms. The fourth-order valence-corrected chi connectivity index (χ4v) is 4.64. The maximum atomic E-state index is 13.4. The number of hydrogen-bond donors (Lipinski definition) is 2. The van der Waals surface area contributed by atoms with Crippen LogP contribution in [0.25, 0.3) is 0 Å². The number of carbonyl (C=O) groups excluding carboxylic acids is 2. The molecule has 0 amide bonds. The van der Waals surface area contributed by atoms with Gasteiger partial charge in [-0.15, -0.1) is 0 Å². The fraction of sp³-hybridized carbons (Fsp3) is 0.600. The molecule has 2 N–H and O–H groups in total. The van der Waals surface area contributed by atoms with Gasteiger partial charge < -0.3 is 19.7 Å². The summed E-state index contributed by atoms with van der Waals surface area (Å²) in [6.45, 7) is 3.41. The van der Waals surface area contributed by atoms with Gasteiger partial charge in [0.05, 0.1) is 24.2 Å². The Balaban J connectivity index is 1.87. The zero-order valence-electron chi connectivity index (χ0n) is 15.1. The first-order chi connectivity index (χ1) is 12.3. The number of Topliss-reactive ketones (excluding diaryl/α,β-unsaturated/α-hetero) is 2. The molecule has 140 valence electrons. The molecule has 1 saturated heterocycles. The summed E-state index contributed by atoms with van der Waals surface area (Å²) in [7, 11) is 1.56. The standard InChI is InChI=1S/C20H24O6/c1-20(2,25-3)13-8-12-14(16(23)9(13)6-7-21)10-4-5-11(15(10)22)18-19(26-18)17(12)24/h4-6,8,10-11,13-15,18-19,21-22H,7H2,1-3H3/b9-6+/t10?,11?,13-,14?,15-,18+,19-/m1/s1. The molecule has 6 nitrogen and oxygen atoms in total. The van der Waals surface area contributed by atoms with Crippen molar-refractivity contribution in [1.82, 2.24) is 0 Å². The SMILES string of the molecule is COC(C)(C)[C@@H]1C=C2C(=O)[C@H]3O[C@H]3C3C=CC(C2C(=O)/C1=C/CO)[C@H]3O. The predicted molar refractivity (Wildman–Crippen MR) is 92.1 cm³/mol. The van der Waals surface area contributed by atoms with Gasteiger partial charge in [-0.2, -0.15) is 0 Å². The van der Waals surface area contributed by atoms with E-state index in [4.69, 9.17) is 9.47 Å². The second kappa shape index (κ2) is 5.96. The molecule has 2 bridgehead atoms. The van der Waals surface area contributed by atoms with Gasteiger partial charge in [-0.05, 0) is 13.8 Å². The lowest BCUT2D eigenvalue weighted by Crippen LogP contribution is -2.47. The highest BCUT2D eigenvalue weighted by atomic mass is 16.6. The average Bonchev–Trinajstić information content (AvgIpc) is 3.30. The minimum Gasteiger partial charge on any atom is -0.392 e. The Labute approximate surface area is 152 Å². The Kier molecular flexibility index (Phi) is 4.08. The Morgan fingerprint density at radius 3 is 2.58 bits per heavy atom. The summed E-state index contributed by atoms with van der Waals surface area (Å²) in [5.74, 6) is -2.31. The molecule has 0 radical (unpaired) electrons. The van der Waals surface area contributed by atoms with Crippen LogP contribution in [0.4, 0.5) is 0 Å². The largest absolute Gasteiger partial charge is 0.392 e. The van der Waals surface area contributed by atoms with Crippen molar-refractivity contribution >= 4 is 11.6 Å². The Morgan fingerprint density at radius 2 is 1.92 bits per heavy atom. The fourth-order valence-electron chi connectivity index (χ4n) is 4.64. The highest BCUT2D eigenvalue weighted by molar-refractivity contribution is 6.12. The molecule has 2 fully saturated rings. The van der Waals surface area contributed by atoms with E-state index in [1.54, 1.807) is 13.2 Å². The van der Waals surface area contributed by atoms with E-state index in [0.717, 1.165) is 0 Å². The van der Waals surface area contributed by atoms with Crippen molar-refractivity contribution in [3.8, 4) is 0 Å². The van der Waals surface area contributed by atoms with Crippen molar-refractivity contribution in [2.75, 3.05) is 13.7 Å². The Bertz CT molecular complexity index is 745. The van der Waals surface area contributed by atoms with Gasteiger partial charge >= 0.3 is 0 Å². The summed E-state index contributed by atoms with van der Waals surface area (Å²) in [4.78, 5) is 26.4. The molecular weight excluding hydrogens is 336 g/mol. The number of hydrogen-bond acceptors (Lipinski definition) is 6. The number of rotatable bonds is 3. The third-order valence-corrected chi connectivity index (χ3v) is 6.35. The third-order valence-electron chi connectivity index (χ3n) is 6.35. The second-order valence-corrected chi connectivity index (χ2v) is 8.01. The second-order valence-electron chi connectivity index (χ2n) is 8.01. The predicted octanol–water partition coefficient (Wildman–Crippen LogP) is 0.585. The van der Waals surface area contributed by atoms with Crippen LogP contribution < -0.4 is 0 Å². The van der Waals surface area contributed by atoms with Crippen molar-refractivity contribution in [3.63, 3.8) is 0 Å². The van der Waals surface area contributed by atoms with Crippen molar-refractivity contribution in [2.45, 2.75) is 37.8 Å². The summed E-state index contributed by atoms with van der Waals surface area (Å²) in [6, 6.07) is 0. The Hall–Kier alpha value is -1.60. The lowest BCUT2D eigenvalue weighted by atomic mass is 9.65. The molecule has 3 unspecified atom stereocenters. The van der Waals surface area contributed by atoms with E-state index in [-0.39, 0.29) is 30.2 Å². The minimum absolute atomic E-state index is 0.168. The summed E-state index contributed by atoms with van der Waals surface area (Å²) in [5.41, 5.74) is 0.105. The number of aliphatic hydroxyl groups is 2. The first-order valence-corrected chi connectivity index (χ1v) is 9.00. The van der Waals surface area contributed by atoms with E-state index >= 15 is 0 Å². The first-order valence-electron chi connectivity index (χ1n) is 9.00. The maximum Gasteiger partial charge on any atom is 0.190 e. The van der Waals surface area contributed by atoms with Crippen LogP contribution in [0.5, 0.6) is 0 Å². The molecule has 1 aliphatic heterocycles. The molecule has 0 spiro atoms. The highest BCUT2D eigenvalue weighted by Gasteiger charge is 2.60. The molecular formula is C20H24O6. The van der Waals surface area contributed by atoms with Crippen LogP contribution >= 0.6 is 0 Å². The third kappa shape index (κ3) is 2.40. The van der Waals surface area contributed by atoms with Crippen LogP contribution in [0.3, 0.4) is 0 Å². The van der Waals surface area contributed by atoms with E-state index < -0.39 is 35.6 Å². The number of ketones is 2. The zero-order chi connectivity index (χ0) is 18.8. The number of fused-ring (bicyclic) bond motifs is 6. The molecule has 3 aliphatic carbocycles. The van der Waals surface area contributed by atoms with E-state index in [1.165, 1.54) is 6.08 Å². The Morgan fingerprint density at radius 1 is 1.23 bits per heavy atom. The van der Waals surface area contributed by atoms with Gasteiger partial charge in [-0.3, -0.25) is 9.59 Å². The number of ether oxygens (including phenoxy) is 2. The molecule has 0 aromatic heterocycles. The lowest BCUT2D eigenvalue weighted by Gasteiger charge is -2.40. The van der Waals surface area contributed by atoms with Crippen LogP contribution in [0.2, 0.25) is 0 Å². The summed E-state index contributed by atoms with van der Waals surface area (Å²) in [5, 5.41) is 20.1. The van der Waals surface area contributed by atoms with Crippen molar-refractivity contribution in [3.05, 3.63) is 35.5 Å². The minimum atomic E-state index is -0.752. The first kappa shape index (κ1) is 17.8. The van der Waals surface area contributed by atoms with Crippen LogP contribution in [-0.4, -0.2) is 59.4 Å². The van der Waals surface area contributed by atoms with Gasteiger partial charge in [-0.25, -0.2) is 0 Å². The maximum absolute atomic E-state index is 13.4. The van der Waals surface area contributed by atoms with E-state index in [2.05, 4.69) is 0 Å². The van der Waals surface area contributed by atoms with Crippen LogP contribution in [-0.2, 0) is 19.1 Å². The average molecular weight is 360 g/mol. The van der Waals surface area contributed by atoms with E-state index in [1.807, 2.05) is 26.0 Å². The van der Waals surface area contributed by atoms with Crippen molar-refractivity contribution in [2.24, 2.45) is 23.7 Å². The number of carbonyl (C=O) groups is 2. The molecule has 6 heteroatoms.